The maximum atomic E-state index is 12.3. The molecule has 0 aliphatic carbocycles. The minimum atomic E-state index is -0.441. The van der Waals surface area contributed by atoms with E-state index in [0.29, 0.717) is 22.5 Å². The number of rotatable bonds is 6. The Balaban J connectivity index is 1.44. The van der Waals surface area contributed by atoms with E-state index < -0.39 is 5.91 Å². The van der Waals surface area contributed by atoms with Crippen LogP contribution < -0.4 is 10.2 Å². The third-order valence-electron chi connectivity index (χ3n) is 4.46. The van der Waals surface area contributed by atoms with Crippen molar-refractivity contribution >= 4 is 23.1 Å². The van der Waals surface area contributed by atoms with Gasteiger partial charge in [-0.15, -0.1) is 0 Å². The van der Waals surface area contributed by atoms with Crippen LogP contribution in [0, 0.1) is 11.3 Å². The number of carbonyl (C=O) groups is 1. The van der Waals surface area contributed by atoms with Gasteiger partial charge in [0.2, 0.25) is 0 Å². The minimum Gasteiger partial charge on any atom is -0.488 e. The normalized spacial score (nSPS) is 10.8. The van der Waals surface area contributed by atoms with Gasteiger partial charge in [-0.25, -0.2) is 5.43 Å². The topological polar surface area (TPSA) is 87.6 Å². The molecule has 146 valence electrons. The average molecular weight is 395 g/mol. The summed E-state index contributed by atoms with van der Waals surface area (Å²) in [5.41, 5.74) is 5.17. The first kappa shape index (κ1) is 19.0. The molecule has 6 nitrogen and oxygen atoms in total. The number of ether oxygens (including phenoxy) is 1. The Hall–Kier alpha value is -4.37. The molecule has 0 radical (unpaired) electrons. The Morgan fingerprint density at radius 2 is 1.83 bits per heavy atom. The highest BCUT2D eigenvalue weighted by Gasteiger charge is 2.11. The molecule has 1 heterocycles. The van der Waals surface area contributed by atoms with Crippen LogP contribution in [0.2, 0.25) is 0 Å². The first-order valence-electron chi connectivity index (χ1n) is 9.26. The molecule has 4 rings (SSSR count). The van der Waals surface area contributed by atoms with Crippen LogP contribution in [0.25, 0.3) is 11.0 Å². The molecule has 0 atom stereocenters. The van der Waals surface area contributed by atoms with E-state index in [-0.39, 0.29) is 12.4 Å². The SMILES string of the molecule is N#Cc1ccccc1COc1ccccc1/C=N/NC(=O)c1cc2ccccc2o1. The third kappa shape index (κ3) is 4.21. The summed E-state index contributed by atoms with van der Waals surface area (Å²) < 4.78 is 11.4. The number of hydrogen-bond acceptors (Lipinski definition) is 5. The van der Waals surface area contributed by atoms with Crippen molar-refractivity contribution in [3.8, 4) is 11.8 Å². The standard InChI is InChI=1S/C24H17N3O3/c25-14-18-8-1-2-10-20(18)16-29-21-11-5-4-9-19(21)15-26-27-24(28)23-13-17-7-3-6-12-22(17)30-23/h1-13,15H,16H2,(H,27,28)/b26-15+. The number of nitrogens with one attached hydrogen (secondary N) is 1. The quantitative estimate of drug-likeness (QED) is 0.380. The van der Waals surface area contributed by atoms with Crippen LogP contribution in [0.3, 0.4) is 0 Å². The van der Waals surface area contributed by atoms with Crippen molar-refractivity contribution in [1.82, 2.24) is 5.43 Å². The largest absolute Gasteiger partial charge is 0.488 e. The van der Waals surface area contributed by atoms with Gasteiger partial charge in [0.1, 0.15) is 17.9 Å². The fourth-order valence-corrected chi connectivity index (χ4v) is 2.94. The smallest absolute Gasteiger partial charge is 0.307 e. The van der Waals surface area contributed by atoms with E-state index in [0.717, 1.165) is 10.9 Å². The van der Waals surface area contributed by atoms with E-state index in [1.165, 1.54) is 6.21 Å². The van der Waals surface area contributed by atoms with E-state index in [1.807, 2.05) is 54.6 Å². The molecule has 4 aromatic rings. The molecule has 0 fully saturated rings. The number of para-hydroxylation sites is 2. The summed E-state index contributed by atoms with van der Waals surface area (Å²) in [6, 6.07) is 25.8. The van der Waals surface area contributed by atoms with Crippen LogP contribution in [-0.2, 0) is 6.61 Å². The zero-order valence-electron chi connectivity index (χ0n) is 15.9. The molecule has 0 aliphatic heterocycles. The molecule has 0 saturated heterocycles. The molecule has 0 unspecified atom stereocenters. The number of hydrazone groups is 1. The van der Waals surface area contributed by atoms with Gasteiger partial charge in [-0.2, -0.15) is 10.4 Å². The molecule has 6 heteroatoms. The molecule has 0 aliphatic rings. The van der Waals surface area contributed by atoms with Crippen molar-refractivity contribution in [2.24, 2.45) is 5.10 Å². The zero-order chi connectivity index (χ0) is 20.8. The first-order chi connectivity index (χ1) is 14.7. The van der Waals surface area contributed by atoms with Crippen molar-refractivity contribution in [2.45, 2.75) is 6.61 Å². The van der Waals surface area contributed by atoms with Gasteiger partial charge in [-0.3, -0.25) is 4.79 Å². The molecular weight excluding hydrogens is 378 g/mol. The molecule has 1 amide bonds. The molecule has 0 saturated carbocycles. The summed E-state index contributed by atoms with van der Waals surface area (Å²) in [5.74, 6) is 0.335. The van der Waals surface area contributed by atoms with Crippen molar-refractivity contribution < 1.29 is 13.9 Å². The fraction of sp³-hybridized carbons (Fsp3) is 0.0417. The Kier molecular flexibility index (Phi) is 5.54. The minimum absolute atomic E-state index is 0.186. The maximum Gasteiger partial charge on any atom is 0.307 e. The molecule has 3 aromatic carbocycles. The van der Waals surface area contributed by atoms with Crippen molar-refractivity contribution in [3.05, 3.63) is 101 Å². The van der Waals surface area contributed by atoms with E-state index in [2.05, 4.69) is 16.6 Å². The predicted octanol–water partition coefficient (Wildman–Crippen LogP) is 4.65. The third-order valence-corrected chi connectivity index (χ3v) is 4.46. The zero-order valence-corrected chi connectivity index (χ0v) is 15.9. The number of hydrogen-bond donors (Lipinski definition) is 1. The van der Waals surface area contributed by atoms with Gasteiger partial charge >= 0.3 is 5.91 Å². The molecular formula is C24H17N3O3. The van der Waals surface area contributed by atoms with Crippen LogP contribution in [0.1, 0.15) is 27.2 Å². The average Bonchev–Trinajstić information content (AvgIpc) is 3.23. The highest BCUT2D eigenvalue weighted by atomic mass is 16.5. The second-order valence-electron chi connectivity index (χ2n) is 6.44. The summed E-state index contributed by atoms with van der Waals surface area (Å²) in [7, 11) is 0. The van der Waals surface area contributed by atoms with Gasteiger partial charge in [0, 0.05) is 16.5 Å². The monoisotopic (exact) mass is 395 g/mol. The molecule has 30 heavy (non-hydrogen) atoms. The lowest BCUT2D eigenvalue weighted by Crippen LogP contribution is -2.16. The van der Waals surface area contributed by atoms with Crippen LogP contribution in [-0.4, -0.2) is 12.1 Å². The van der Waals surface area contributed by atoms with Gasteiger partial charge < -0.3 is 9.15 Å². The number of nitrogens with zero attached hydrogens (tertiary/aromatic N) is 2. The van der Waals surface area contributed by atoms with E-state index in [4.69, 9.17) is 9.15 Å². The number of nitriles is 1. The lowest BCUT2D eigenvalue weighted by molar-refractivity contribution is 0.0929. The van der Waals surface area contributed by atoms with Gasteiger partial charge in [0.15, 0.2) is 5.76 Å². The van der Waals surface area contributed by atoms with Crippen molar-refractivity contribution in [3.63, 3.8) is 0 Å². The fourth-order valence-electron chi connectivity index (χ4n) is 2.94. The number of furan rings is 1. The number of amides is 1. The van der Waals surface area contributed by atoms with Gasteiger partial charge in [-0.1, -0.05) is 48.5 Å². The van der Waals surface area contributed by atoms with Crippen LogP contribution in [0.4, 0.5) is 0 Å². The predicted molar refractivity (Wildman–Crippen MR) is 113 cm³/mol. The van der Waals surface area contributed by atoms with Crippen molar-refractivity contribution in [2.75, 3.05) is 0 Å². The molecule has 0 bridgehead atoms. The van der Waals surface area contributed by atoms with Gasteiger partial charge in [0.25, 0.3) is 0 Å². The lowest BCUT2D eigenvalue weighted by atomic mass is 10.1. The summed E-state index contributed by atoms with van der Waals surface area (Å²) in [6.45, 7) is 0.250. The molecule has 1 N–H and O–H groups in total. The van der Waals surface area contributed by atoms with Crippen LogP contribution in [0.15, 0.2) is 88.4 Å². The van der Waals surface area contributed by atoms with Gasteiger partial charge in [0.05, 0.1) is 17.8 Å². The highest BCUT2D eigenvalue weighted by molar-refractivity contribution is 5.96. The Bertz CT molecular complexity index is 1230. The van der Waals surface area contributed by atoms with Crippen LogP contribution >= 0.6 is 0 Å². The number of benzene rings is 3. The van der Waals surface area contributed by atoms with Gasteiger partial charge in [-0.05, 0) is 30.3 Å². The van der Waals surface area contributed by atoms with E-state index >= 15 is 0 Å². The molecule has 1 aromatic heterocycles. The summed E-state index contributed by atoms with van der Waals surface area (Å²) >= 11 is 0. The maximum absolute atomic E-state index is 12.3. The summed E-state index contributed by atoms with van der Waals surface area (Å²) in [6.07, 6.45) is 1.51. The Labute approximate surface area is 173 Å². The lowest BCUT2D eigenvalue weighted by Gasteiger charge is -2.10. The summed E-state index contributed by atoms with van der Waals surface area (Å²) in [4.78, 5) is 12.3. The first-order valence-corrected chi connectivity index (χ1v) is 9.26. The summed E-state index contributed by atoms with van der Waals surface area (Å²) in [5, 5.41) is 14.1. The van der Waals surface area contributed by atoms with Crippen LogP contribution in [0.5, 0.6) is 5.75 Å². The van der Waals surface area contributed by atoms with E-state index in [9.17, 15) is 10.1 Å². The number of fused-ring (bicyclic) bond motifs is 1. The Morgan fingerprint density at radius 1 is 1.07 bits per heavy atom. The number of carbonyl (C=O) groups excluding carboxylic acids is 1. The highest BCUT2D eigenvalue weighted by Crippen LogP contribution is 2.20. The molecule has 0 spiro atoms. The second kappa shape index (κ2) is 8.76. The second-order valence-corrected chi connectivity index (χ2v) is 6.44. The van der Waals surface area contributed by atoms with Crippen molar-refractivity contribution in [1.29, 1.82) is 5.26 Å². The Morgan fingerprint density at radius 3 is 2.70 bits per heavy atom. The van der Waals surface area contributed by atoms with E-state index in [1.54, 1.807) is 24.3 Å².